The highest BCUT2D eigenvalue weighted by atomic mass is 16.2. The Balaban J connectivity index is 2.38. The number of amides is 1. The van der Waals surface area contributed by atoms with Gasteiger partial charge in [0.1, 0.15) is 0 Å². The van der Waals surface area contributed by atoms with E-state index in [-0.39, 0.29) is 11.9 Å². The molecule has 0 saturated heterocycles. The van der Waals surface area contributed by atoms with Crippen molar-refractivity contribution in [3.8, 4) is 0 Å². The van der Waals surface area contributed by atoms with E-state index in [4.69, 9.17) is 17.2 Å². The summed E-state index contributed by atoms with van der Waals surface area (Å²) in [6.07, 6.45) is 4.65. The average Bonchev–Trinajstić information content (AvgIpc) is 2.43. The molecule has 0 unspecified atom stereocenters. The first kappa shape index (κ1) is 15.9. The predicted molar refractivity (Wildman–Crippen MR) is 78.6 cm³/mol. The lowest BCUT2D eigenvalue weighted by atomic mass is 10.1. The smallest absolute Gasteiger partial charge is 0.239 e. The number of carbonyl (C=O) groups is 1. The zero-order chi connectivity index (χ0) is 15.0. The Morgan fingerprint density at radius 1 is 1.50 bits per heavy atom. The van der Waals surface area contributed by atoms with Gasteiger partial charge in [-0.05, 0) is 24.5 Å². The topological polar surface area (TPSA) is 124 Å². The number of rotatable bonds is 7. The molecule has 0 fully saturated rings. The van der Waals surface area contributed by atoms with Crippen LogP contribution in [0.15, 0.2) is 29.5 Å². The number of hydrogen-bond acceptors (Lipinski definition) is 4. The van der Waals surface area contributed by atoms with Crippen molar-refractivity contribution in [1.29, 1.82) is 0 Å². The molecule has 7 nitrogen and oxygen atoms in total. The quantitative estimate of drug-likeness (QED) is 0.350. The number of aliphatic imine (C=N–C) groups is 1. The van der Waals surface area contributed by atoms with Crippen LogP contribution in [0.1, 0.15) is 18.4 Å². The van der Waals surface area contributed by atoms with Gasteiger partial charge in [-0.15, -0.1) is 0 Å². The molecule has 7 heteroatoms. The molecule has 1 atom stereocenters. The zero-order valence-corrected chi connectivity index (χ0v) is 11.7. The van der Waals surface area contributed by atoms with Crippen LogP contribution < -0.4 is 17.2 Å². The summed E-state index contributed by atoms with van der Waals surface area (Å²) in [6.45, 7) is 0.976. The van der Waals surface area contributed by atoms with Crippen LogP contribution in [0.5, 0.6) is 0 Å². The highest BCUT2D eigenvalue weighted by Crippen LogP contribution is 2.05. The SMILES string of the molecule is CN(Cc1cccnc1)C(=O)[C@@H](N)CCCN=C(N)N. The predicted octanol–water partition coefficient (Wildman–Crippen LogP) is -0.579. The Morgan fingerprint density at radius 3 is 2.85 bits per heavy atom. The van der Waals surface area contributed by atoms with Crippen LogP contribution in [0.2, 0.25) is 0 Å². The van der Waals surface area contributed by atoms with Gasteiger partial charge in [-0.2, -0.15) is 0 Å². The molecule has 0 spiro atoms. The second-order valence-corrected chi connectivity index (χ2v) is 4.61. The lowest BCUT2D eigenvalue weighted by molar-refractivity contribution is -0.132. The summed E-state index contributed by atoms with van der Waals surface area (Å²) < 4.78 is 0. The molecule has 1 rings (SSSR count). The van der Waals surface area contributed by atoms with Gasteiger partial charge in [0, 0.05) is 32.5 Å². The van der Waals surface area contributed by atoms with E-state index >= 15 is 0 Å². The van der Waals surface area contributed by atoms with Crippen LogP contribution in [-0.2, 0) is 11.3 Å². The number of carbonyl (C=O) groups excluding carboxylic acids is 1. The van der Waals surface area contributed by atoms with Crippen molar-refractivity contribution in [2.75, 3.05) is 13.6 Å². The van der Waals surface area contributed by atoms with E-state index in [9.17, 15) is 4.79 Å². The summed E-state index contributed by atoms with van der Waals surface area (Å²) in [5.41, 5.74) is 17.3. The molecule has 6 N–H and O–H groups in total. The third kappa shape index (κ3) is 5.66. The normalized spacial score (nSPS) is 11.7. The molecule has 0 radical (unpaired) electrons. The molecule has 1 amide bonds. The molecule has 0 aliphatic rings. The van der Waals surface area contributed by atoms with Gasteiger partial charge in [0.15, 0.2) is 5.96 Å². The number of guanidine groups is 1. The zero-order valence-electron chi connectivity index (χ0n) is 11.7. The summed E-state index contributed by atoms with van der Waals surface area (Å²) >= 11 is 0. The monoisotopic (exact) mass is 278 g/mol. The van der Waals surface area contributed by atoms with Crippen molar-refractivity contribution in [3.05, 3.63) is 30.1 Å². The summed E-state index contributed by atoms with van der Waals surface area (Å²) in [6, 6.07) is 3.22. The van der Waals surface area contributed by atoms with Gasteiger partial charge in [0.25, 0.3) is 0 Å². The van der Waals surface area contributed by atoms with Crippen LogP contribution in [0.25, 0.3) is 0 Å². The second-order valence-electron chi connectivity index (χ2n) is 4.61. The molecular formula is C13H22N6O. The van der Waals surface area contributed by atoms with Crippen LogP contribution in [-0.4, -0.2) is 41.4 Å². The number of nitrogens with zero attached hydrogens (tertiary/aromatic N) is 3. The van der Waals surface area contributed by atoms with E-state index in [2.05, 4.69) is 9.98 Å². The first-order chi connectivity index (χ1) is 9.50. The fourth-order valence-corrected chi connectivity index (χ4v) is 1.77. The Morgan fingerprint density at radius 2 is 2.25 bits per heavy atom. The molecule has 1 aromatic heterocycles. The summed E-state index contributed by atoms with van der Waals surface area (Å²) in [5, 5.41) is 0. The highest BCUT2D eigenvalue weighted by molar-refractivity contribution is 5.81. The maximum absolute atomic E-state index is 12.1. The Bertz CT molecular complexity index is 443. The van der Waals surface area contributed by atoms with E-state index < -0.39 is 6.04 Å². The van der Waals surface area contributed by atoms with Crippen molar-refractivity contribution in [1.82, 2.24) is 9.88 Å². The molecule has 1 aromatic rings. The average molecular weight is 278 g/mol. The Kier molecular flexibility index (Phi) is 6.45. The van der Waals surface area contributed by atoms with Gasteiger partial charge in [-0.1, -0.05) is 6.07 Å². The van der Waals surface area contributed by atoms with Gasteiger partial charge in [0.2, 0.25) is 5.91 Å². The minimum atomic E-state index is -0.536. The number of hydrogen-bond donors (Lipinski definition) is 3. The third-order valence-corrected chi connectivity index (χ3v) is 2.80. The first-order valence-corrected chi connectivity index (χ1v) is 6.45. The van der Waals surface area contributed by atoms with Gasteiger partial charge < -0.3 is 22.1 Å². The number of nitrogens with two attached hydrogens (primary N) is 3. The Hall–Kier alpha value is -2.15. The summed E-state index contributed by atoms with van der Waals surface area (Å²) in [4.78, 5) is 21.5. The number of likely N-dealkylation sites (N-methyl/N-ethyl adjacent to an activating group) is 1. The van der Waals surface area contributed by atoms with Crippen molar-refractivity contribution in [3.63, 3.8) is 0 Å². The van der Waals surface area contributed by atoms with E-state index in [0.717, 1.165) is 5.56 Å². The van der Waals surface area contributed by atoms with Crippen molar-refractivity contribution >= 4 is 11.9 Å². The molecule has 1 heterocycles. The van der Waals surface area contributed by atoms with E-state index in [1.165, 1.54) is 0 Å². The first-order valence-electron chi connectivity index (χ1n) is 6.45. The molecule has 0 bridgehead atoms. The minimum Gasteiger partial charge on any atom is -0.370 e. The van der Waals surface area contributed by atoms with E-state index in [1.807, 2.05) is 12.1 Å². The van der Waals surface area contributed by atoms with E-state index in [1.54, 1.807) is 24.3 Å². The maximum atomic E-state index is 12.1. The largest absolute Gasteiger partial charge is 0.370 e. The van der Waals surface area contributed by atoms with Crippen LogP contribution >= 0.6 is 0 Å². The van der Waals surface area contributed by atoms with Gasteiger partial charge >= 0.3 is 0 Å². The molecule has 0 saturated carbocycles. The molecule has 0 aliphatic heterocycles. The van der Waals surface area contributed by atoms with Crippen molar-refractivity contribution in [2.45, 2.75) is 25.4 Å². The second kappa shape index (κ2) is 8.11. The molecule has 0 aliphatic carbocycles. The van der Waals surface area contributed by atoms with Gasteiger partial charge in [-0.3, -0.25) is 14.8 Å². The van der Waals surface area contributed by atoms with Crippen molar-refractivity contribution in [2.24, 2.45) is 22.2 Å². The molecular weight excluding hydrogens is 256 g/mol. The fraction of sp³-hybridized carbons (Fsp3) is 0.462. The summed E-state index contributed by atoms with van der Waals surface area (Å²) in [7, 11) is 1.73. The van der Waals surface area contributed by atoms with Crippen molar-refractivity contribution < 1.29 is 4.79 Å². The summed E-state index contributed by atoms with van der Waals surface area (Å²) in [5.74, 6) is -0.0443. The standard InChI is InChI=1S/C13H22N6O/c1-19(9-10-4-2-6-17-8-10)12(20)11(14)5-3-7-18-13(15)16/h2,4,6,8,11H,3,5,7,9,14H2,1H3,(H4,15,16,18)/t11-/m0/s1. The maximum Gasteiger partial charge on any atom is 0.239 e. The van der Waals surface area contributed by atoms with Crippen LogP contribution in [0, 0.1) is 0 Å². The fourth-order valence-electron chi connectivity index (χ4n) is 1.77. The van der Waals surface area contributed by atoms with Gasteiger partial charge in [0.05, 0.1) is 6.04 Å². The van der Waals surface area contributed by atoms with E-state index in [0.29, 0.717) is 25.9 Å². The lowest BCUT2D eigenvalue weighted by Gasteiger charge is -2.21. The Labute approximate surface area is 118 Å². The molecule has 0 aromatic carbocycles. The van der Waals surface area contributed by atoms with Crippen LogP contribution in [0.3, 0.4) is 0 Å². The number of aromatic nitrogens is 1. The minimum absolute atomic E-state index is 0.0543. The lowest BCUT2D eigenvalue weighted by Crippen LogP contribution is -2.41. The van der Waals surface area contributed by atoms with Gasteiger partial charge in [-0.25, -0.2) is 0 Å². The molecule has 110 valence electrons. The molecule has 20 heavy (non-hydrogen) atoms. The third-order valence-electron chi connectivity index (χ3n) is 2.80. The number of pyridine rings is 1. The van der Waals surface area contributed by atoms with Crippen LogP contribution in [0.4, 0.5) is 0 Å². The highest BCUT2D eigenvalue weighted by Gasteiger charge is 2.17.